The third-order valence-corrected chi connectivity index (χ3v) is 4.30. The van der Waals surface area contributed by atoms with Gasteiger partial charge in [-0.3, -0.25) is 24.2 Å². The topological polar surface area (TPSA) is 134 Å². The molecule has 2 aliphatic heterocycles. The smallest absolute Gasteiger partial charge is 0.291 e. The maximum Gasteiger partial charge on any atom is 0.291 e. The Kier molecular flexibility index (Phi) is 3.15. The quantitative estimate of drug-likeness (QED) is 0.719. The molecule has 0 aromatic carbocycles. The molecule has 2 aliphatic rings. The van der Waals surface area contributed by atoms with Gasteiger partial charge in [-0.25, -0.2) is 0 Å². The van der Waals surface area contributed by atoms with E-state index in [0.29, 0.717) is 37.7 Å². The lowest BCUT2D eigenvalue weighted by molar-refractivity contribution is -0.125. The highest BCUT2D eigenvalue weighted by atomic mass is 16.2. The van der Waals surface area contributed by atoms with Gasteiger partial charge in [-0.05, 0) is 19.8 Å². The lowest BCUT2D eigenvalue weighted by Crippen LogP contribution is -2.50. The van der Waals surface area contributed by atoms with Crippen LogP contribution in [0.25, 0.3) is 5.95 Å². The molecule has 0 saturated carbocycles. The Bertz CT molecular complexity index is 814. The minimum absolute atomic E-state index is 0.0818. The highest BCUT2D eigenvalue weighted by Gasteiger charge is 2.45. The van der Waals surface area contributed by atoms with Gasteiger partial charge < -0.3 is 10.2 Å². The highest BCUT2D eigenvalue weighted by molar-refractivity contribution is 6.07. The second-order valence-electron chi connectivity index (χ2n) is 5.83. The number of piperidine rings is 1. The predicted octanol–water partition coefficient (Wildman–Crippen LogP) is -1.09. The van der Waals surface area contributed by atoms with Crippen molar-refractivity contribution < 1.29 is 9.59 Å². The van der Waals surface area contributed by atoms with Crippen LogP contribution in [0.2, 0.25) is 0 Å². The summed E-state index contributed by atoms with van der Waals surface area (Å²) in [6.45, 7) is 2.64. The number of H-pyrrole nitrogens is 1. The van der Waals surface area contributed by atoms with E-state index in [1.807, 2.05) is 0 Å². The Balaban J connectivity index is 1.46. The molecule has 124 valence electrons. The maximum atomic E-state index is 12.5. The first kappa shape index (κ1) is 14.5. The van der Waals surface area contributed by atoms with Gasteiger partial charge in [-0.2, -0.15) is 4.98 Å². The van der Waals surface area contributed by atoms with Crippen LogP contribution in [0.1, 0.15) is 30.4 Å². The molecule has 0 aliphatic carbocycles. The molecule has 11 heteroatoms. The Morgan fingerprint density at radius 1 is 1.25 bits per heavy atom. The number of amidine groups is 1. The molecule has 0 radical (unpaired) electrons. The van der Waals surface area contributed by atoms with Gasteiger partial charge in [0.15, 0.2) is 0 Å². The average Bonchev–Trinajstić information content (AvgIpc) is 3.29. The number of carbonyl (C=O) groups excluding carboxylic acids is 2. The van der Waals surface area contributed by atoms with Crippen molar-refractivity contribution in [2.24, 2.45) is 4.99 Å². The summed E-state index contributed by atoms with van der Waals surface area (Å²) < 4.78 is 1.50. The van der Waals surface area contributed by atoms with Gasteiger partial charge >= 0.3 is 0 Å². The number of nitrogens with one attached hydrogen (secondary N) is 2. The summed E-state index contributed by atoms with van der Waals surface area (Å²) >= 11 is 0. The van der Waals surface area contributed by atoms with Crippen LogP contribution < -0.4 is 5.32 Å². The van der Waals surface area contributed by atoms with Gasteiger partial charge in [0, 0.05) is 13.1 Å². The van der Waals surface area contributed by atoms with E-state index in [2.05, 4.69) is 35.7 Å². The van der Waals surface area contributed by atoms with Gasteiger partial charge in [-0.15, -0.1) is 15.3 Å². The lowest BCUT2D eigenvalue weighted by Gasteiger charge is -2.35. The number of hydrogen-bond donors (Lipinski definition) is 2. The molecule has 11 nitrogen and oxygen atoms in total. The molecule has 0 bridgehead atoms. The largest absolute Gasteiger partial charge is 0.336 e. The van der Waals surface area contributed by atoms with Crippen LogP contribution in [0.4, 0.5) is 0 Å². The van der Waals surface area contributed by atoms with E-state index in [1.54, 1.807) is 11.8 Å². The summed E-state index contributed by atoms with van der Waals surface area (Å²) in [6.07, 6.45) is 3.88. The number of amides is 2. The monoisotopic (exact) mass is 329 g/mol. The van der Waals surface area contributed by atoms with E-state index in [0.717, 1.165) is 0 Å². The van der Waals surface area contributed by atoms with Gasteiger partial charge in [0.1, 0.15) is 24.0 Å². The number of carbonyl (C=O) groups is 2. The van der Waals surface area contributed by atoms with Gasteiger partial charge in [0.05, 0.1) is 0 Å². The third kappa shape index (κ3) is 2.25. The zero-order valence-electron chi connectivity index (χ0n) is 12.9. The standard InChI is InChI=1S/C13H15N9O2/c1-8-16-11(24)13(18-8)2-4-21(5-3-13)10(23)9-17-12(20-19-9)22-6-14-15-7-22/h6-7H,2-5H2,1H3,(H,16,18,24)(H,17,19,20). The number of likely N-dealkylation sites (tertiary alicyclic amines) is 1. The molecule has 2 aromatic heterocycles. The summed E-state index contributed by atoms with van der Waals surface area (Å²) in [7, 11) is 0. The van der Waals surface area contributed by atoms with Crippen molar-refractivity contribution >= 4 is 17.6 Å². The molecule has 1 spiro atoms. The second-order valence-corrected chi connectivity index (χ2v) is 5.83. The summed E-state index contributed by atoms with van der Waals surface area (Å²) in [6, 6.07) is 0. The zero-order valence-corrected chi connectivity index (χ0v) is 12.9. The van der Waals surface area contributed by atoms with E-state index in [9.17, 15) is 9.59 Å². The fourth-order valence-electron chi connectivity index (χ4n) is 3.02. The van der Waals surface area contributed by atoms with Crippen molar-refractivity contribution in [2.75, 3.05) is 13.1 Å². The molecule has 2 amide bonds. The predicted molar refractivity (Wildman–Crippen MR) is 80.4 cm³/mol. The highest BCUT2D eigenvalue weighted by Crippen LogP contribution is 2.30. The Morgan fingerprint density at radius 2 is 1.96 bits per heavy atom. The molecule has 0 atom stereocenters. The first-order valence-electron chi connectivity index (χ1n) is 7.52. The fourth-order valence-corrected chi connectivity index (χ4v) is 3.02. The number of rotatable bonds is 2. The maximum absolute atomic E-state index is 12.5. The van der Waals surface area contributed by atoms with E-state index in [1.165, 1.54) is 17.2 Å². The zero-order chi connectivity index (χ0) is 16.7. The molecule has 2 aromatic rings. The molecule has 24 heavy (non-hydrogen) atoms. The molecule has 1 fully saturated rings. The number of aromatic nitrogens is 6. The SMILES string of the molecule is CC1=NC2(CCN(C(=O)c3nc(-n4cnnc4)n[nH]3)CC2)C(=O)N1. The molecule has 0 unspecified atom stereocenters. The second kappa shape index (κ2) is 5.22. The molecular formula is C13H15N9O2. The summed E-state index contributed by atoms with van der Waals surface area (Å²) in [4.78, 5) is 34.9. The first-order chi connectivity index (χ1) is 11.6. The van der Waals surface area contributed by atoms with Crippen molar-refractivity contribution in [3.8, 4) is 5.95 Å². The normalized spacial score (nSPS) is 19.5. The van der Waals surface area contributed by atoms with Crippen LogP contribution in [-0.2, 0) is 4.79 Å². The van der Waals surface area contributed by atoms with Crippen LogP contribution in [0, 0.1) is 0 Å². The summed E-state index contributed by atoms with van der Waals surface area (Å²) in [5, 5.41) is 16.7. The van der Waals surface area contributed by atoms with Crippen LogP contribution in [0.3, 0.4) is 0 Å². The lowest BCUT2D eigenvalue weighted by atomic mass is 9.88. The number of aliphatic imine (C=N–C) groups is 1. The van der Waals surface area contributed by atoms with Crippen molar-refractivity contribution in [1.82, 2.24) is 40.2 Å². The van der Waals surface area contributed by atoms with E-state index < -0.39 is 5.54 Å². The first-order valence-corrected chi connectivity index (χ1v) is 7.52. The number of nitrogens with zero attached hydrogens (tertiary/aromatic N) is 7. The van der Waals surface area contributed by atoms with Crippen molar-refractivity contribution in [1.29, 1.82) is 0 Å². The summed E-state index contributed by atoms with van der Waals surface area (Å²) in [5.74, 6) is 0.739. The van der Waals surface area contributed by atoms with Crippen molar-refractivity contribution in [3.05, 3.63) is 18.5 Å². The molecule has 4 rings (SSSR count). The van der Waals surface area contributed by atoms with Crippen molar-refractivity contribution in [2.45, 2.75) is 25.3 Å². The van der Waals surface area contributed by atoms with E-state index in [4.69, 9.17) is 0 Å². The molecule has 4 heterocycles. The minimum atomic E-state index is -0.726. The van der Waals surface area contributed by atoms with Crippen LogP contribution in [0.5, 0.6) is 0 Å². The Morgan fingerprint density at radius 3 is 2.58 bits per heavy atom. The van der Waals surface area contributed by atoms with Gasteiger partial charge in [-0.1, -0.05) is 0 Å². The van der Waals surface area contributed by atoms with E-state index in [-0.39, 0.29) is 17.6 Å². The van der Waals surface area contributed by atoms with E-state index >= 15 is 0 Å². The van der Waals surface area contributed by atoms with Crippen LogP contribution >= 0.6 is 0 Å². The van der Waals surface area contributed by atoms with Gasteiger partial charge in [0.25, 0.3) is 17.8 Å². The van der Waals surface area contributed by atoms with Crippen molar-refractivity contribution in [3.63, 3.8) is 0 Å². The van der Waals surface area contributed by atoms with Gasteiger partial charge in [0.2, 0.25) is 5.82 Å². The van der Waals surface area contributed by atoms with Crippen LogP contribution in [0.15, 0.2) is 17.6 Å². The third-order valence-electron chi connectivity index (χ3n) is 4.30. The number of hydrogen-bond acceptors (Lipinski definition) is 7. The summed E-state index contributed by atoms with van der Waals surface area (Å²) in [5.41, 5.74) is -0.726. The average molecular weight is 329 g/mol. The Hall–Kier alpha value is -3.11. The molecule has 2 N–H and O–H groups in total. The molecular weight excluding hydrogens is 314 g/mol. The molecule has 1 saturated heterocycles. The number of aromatic amines is 1. The van der Waals surface area contributed by atoms with Crippen LogP contribution in [-0.4, -0.2) is 71.1 Å². The fraction of sp³-hybridized carbons (Fsp3) is 0.462. The minimum Gasteiger partial charge on any atom is -0.336 e. The Labute approximate surface area is 136 Å².